The second-order valence-corrected chi connectivity index (χ2v) is 3.91. The number of hydrogen-bond acceptors (Lipinski definition) is 2. The smallest absolute Gasteiger partial charge is 0.0481 e. The number of nitrogen functional groups attached to an aromatic ring is 1. The van der Waals surface area contributed by atoms with Gasteiger partial charge in [-0.1, -0.05) is 31.4 Å². The molecule has 2 N–H and O–H groups in total. The van der Waals surface area contributed by atoms with Crippen LogP contribution < -0.4 is 10.6 Å². The lowest BCUT2D eigenvalue weighted by molar-refractivity contribution is 1.15. The maximum absolute atomic E-state index is 5.82. The molecule has 2 nitrogen and oxygen atoms in total. The largest absolute Gasteiger partial charge is 0.399 e. The lowest BCUT2D eigenvalue weighted by Gasteiger charge is -2.26. The van der Waals surface area contributed by atoms with Crippen molar-refractivity contribution in [3.8, 4) is 0 Å². The Labute approximate surface area is 109 Å². The fourth-order valence-corrected chi connectivity index (χ4v) is 1.71. The van der Waals surface area contributed by atoms with Crippen molar-refractivity contribution in [1.82, 2.24) is 0 Å². The van der Waals surface area contributed by atoms with Crippen LogP contribution in [0.25, 0.3) is 0 Å². The van der Waals surface area contributed by atoms with Gasteiger partial charge in [0.15, 0.2) is 0 Å². The summed E-state index contributed by atoms with van der Waals surface area (Å²) in [5.41, 5.74) is 9.21. The number of hydrogen-bond donors (Lipinski definition) is 1. The molecule has 1 aromatic carbocycles. The van der Waals surface area contributed by atoms with Crippen LogP contribution in [0.15, 0.2) is 73.1 Å². The van der Waals surface area contributed by atoms with E-state index in [2.05, 4.69) is 13.2 Å². The molecule has 0 radical (unpaired) electrons. The maximum Gasteiger partial charge on any atom is 0.0481 e. The zero-order valence-electron chi connectivity index (χ0n) is 11.1. The Bertz CT molecular complexity index is 472. The molecule has 1 aromatic rings. The molecule has 1 rings (SSSR count). The van der Waals surface area contributed by atoms with Crippen LogP contribution in [0.1, 0.15) is 13.8 Å². The molecule has 18 heavy (non-hydrogen) atoms. The van der Waals surface area contributed by atoms with Gasteiger partial charge in [0.1, 0.15) is 0 Å². The van der Waals surface area contributed by atoms with E-state index in [0.717, 1.165) is 22.8 Å². The fourth-order valence-electron chi connectivity index (χ4n) is 1.71. The Balaban J connectivity index is 3.20. The van der Waals surface area contributed by atoms with Crippen molar-refractivity contribution in [3.63, 3.8) is 0 Å². The summed E-state index contributed by atoms with van der Waals surface area (Å²) < 4.78 is 0. The summed E-state index contributed by atoms with van der Waals surface area (Å²) >= 11 is 0. The van der Waals surface area contributed by atoms with Gasteiger partial charge in [-0.3, -0.25) is 0 Å². The minimum absolute atomic E-state index is 0.721. The van der Waals surface area contributed by atoms with Gasteiger partial charge in [0.2, 0.25) is 0 Å². The van der Waals surface area contributed by atoms with Crippen molar-refractivity contribution < 1.29 is 0 Å². The highest BCUT2D eigenvalue weighted by Crippen LogP contribution is 2.25. The molecule has 0 aliphatic carbocycles. The summed E-state index contributed by atoms with van der Waals surface area (Å²) in [4.78, 5) is 1.97. The van der Waals surface area contributed by atoms with Gasteiger partial charge in [-0.25, -0.2) is 0 Å². The molecule has 0 bridgehead atoms. The molecule has 0 spiro atoms. The van der Waals surface area contributed by atoms with Crippen molar-refractivity contribution >= 4 is 11.4 Å². The summed E-state index contributed by atoms with van der Waals surface area (Å²) in [5.74, 6) is 0. The van der Waals surface area contributed by atoms with Gasteiger partial charge >= 0.3 is 0 Å². The number of anilines is 2. The van der Waals surface area contributed by atoms with Crippen molar-refractivity contribution in [1.29, 1.82) is 0 Å². The Kier molecular flexibility index (Phi) is 5.00. The van der Waals surface area contributed by atoms with Crippen LogP contribution in [0.3, 0.4) is 0 Å². The molecule has 0 unspecified atom stereocenters. The van der Waals surface area contributed by atoms with E-state index in [-0.39, 0.29) is 0 Å². The van der Waals surface area contributed by atoms with E-state index in [4.69, 9.17) is 5.73 Å². The highest BCUT2D eigenvalue weighted by molar-refractivity contribution is 5.65. The monoisotopic (exact) mass is 240 g/mol. The Morgan fingerprint density at radius 3 is 2.11 bits per heavy atom. The molecule has 0 fully saturated rings. The van der Waals surface area contributed by atoms with Crippen molar-refractivity contribution in [2.24, 2.45) is 0 Å². The summed E-state index contributed by atoms with van der Waals surface area (Å²) in [7, 11) is 0. The van der Waals surface area contributed by atoms with Gasteiger partial charge in [-0.05, 0) is 44.2 Å². The zero-order chi connectivity index (χ0) is 13.5. The third kappa shape index (κ3) is 3.39. The maximum atomic E-state index is 5.82. The van der Waals surface area contributed by atoms with Gasteiger partial charge in [0.05, 0.1) is 0 Å². The van der Waals surface area contributed by atoms with Gasteiger partial charge in [-0.15, -0.1) is 0 Å². The lowest BCUT2D eigenvalue weighted by atomic mass is 10.2. The van der Waals surface area contributed by atoms with E-state index in [1.54, 1.807) is 0 Å². The first-order valence-corrected chi connectivity index (χ1v) is 5.89. The molecule has 0 atom stereocenters. The average Bonchev–Trinajstić information content (AvgIpc) is 2.30. The van der Waals surface area contributed by atoms with Gasteiger partial charge < -0.3 is 10.6 Å². The lowest BCUT2D eigenvalue weighted by Crippen LogP contribution is -2.18. The minimum atomic E-state index is 0.721. The summed E-state index contributed by atoms with van der Waals surface area (Å²) in [6.07, 6.45) is 7.78. The van der Waals surface area contributed by atoms with Crippen LogP contribution in [-0.4, -0.2) is 0 Å². The molecule has 94 valence electrons. The van der Waals surface area contributed by atoms with Crippen molar-refractivity contribution in [3.05, 3.63) is 73.1 Å². The predicted octanol–water partition coefficient (Wildman–Crippen LogP) is 4.25. The molecule has 0 aliphatic heterocycles. The summed E-state index contributed by atoms with van der Waals surface area (Å²) in [6.45, 7) is 12.0. The Morgan fingerprint density at radius 2 is 1.67 bits per heavy atom. The number of benzene rings is 1. The summed E-state index contributed by atoms with van der Waals surface area (Å²) in [6, 6.07) is 7.67. The average molecular weight is 240 g/mol. The van der Waals surface area contributed by atoms with Crippen molar-refractivity contribution in [2.45, 2.75) is 13.8 Å². The molecule has 0 aliphatic rings. The normalized spacial score (nSPS) is 11.0. The molecule has 0 heterocycles. The Hall–Kier alpha value is -2.22. The summed E-state index contributed by atoms with van der Waals surface area (Å²) in [5, 5.41) is 0. The van der Waals surface area contributed by atoms with Crippen LogP contribution in [0.5, 0.6) is 0 Å². The third-order valence-corrected chi connectivity index (χ3v) is 2.42. The third-order valence-electron chi connectivity index (χ3n) is 2.42. The number of nitrogens with two attached hydrogens (primary N) is 1. The van der Waals surface area contributed by atoms with Crippen LogP contribution in [0.4, 0.5) is 11.4 Å². The van der Waals surface area contributed by atoms with Crippen LogP contribution in [0.2, 0.25) is 0 Å². The highest BCUT2D eigenvalue weighted by Gasteiger charge is 2.10. The van der Waals surface area contributed by atoms with Crippen LogP contribution in [-0.2, 0) is 0 Å². The topological polar surface area (TPSA) is 29.3 Å². The SMILES string of the molecule is C=C(/C=C\C)N(C(=C)/C=C\C)c1cccc(N)c1. The Morgan fingerprint density at radius 1 is 1.11 bits per heavy atom. The van der Waals surface area contributed by atoms with Crippen LogP contribution in [0, 0.1) is 0 Å². The standard InChI is InChI=1S/C16H20N2/c1-5-8-13(3)18(14(4)9-6-2)16-11-7-10-15(17)12-16/h5-12H,3-4,17H2,1-2H3/b8-5-,9-6-. The molecular weight excluding hydrogens is 220 g/mol. The first-order chi connectivity index (χ1) is 8.60. The fraction of sp³-hybridized carbons (Fsp3) is 0.125. The zero-order valence-corrected chi connectivity index (χ0v) is 11.1. The molecule has 0 aromatic heterocycles. The minimum Gasteiger partial charge on any atom is -0.399 e. The number of nitrogens with zero attached hydrogens (tertiary/aromatic N) is 1. The van der Waals surface area contributed by atoms with E-state index in [1.165, 1.54) is 0 Å². The van der Waals surface area contributed by atoms with E-state index < -0.39 is 0 Å². The van der Waals surface area contributed by atoms with E-state index in [0.29, 0.717) is 0 Å². The highest BCUT2D eigenvalue weighted by atomic mass is 15.1. The van der Waals surface area contributed by atoms with Crippen molar-refractivity contribution in [2.75, 3.05) is 10.6 Å². The van der Waals surface area contributed by atoms with Crippen LogP contribution >= 0.6 is 0 Å². The molecule has 0 saturated heterocycles. The predicted molar refractivity (Wildman–Crippen MR) is 81.2 cm³/mol. The van der Waals surface area contributed by atoms with E-state index >= 15 is 0 Å². The van der Waals surface area contributed by atoms with Gasteiger partial charge in [0.25, 0.3) is 0 Å². The van der Waals surface area contributed by atoms with E-state index in [9.17, 15) is 0 Å². The van der Waals surface area contributed by atoms with Gasteiger partial charge in [0, 0.05) is 22.8 Å². The van der Waals surface area contributed by atoms with Gasteiger partial charge in [-0.2, -0.15) is 0 Å². The molecular formula is C16H20N2. The second kappa shape index (κ2) is 6.50. The van der Waals surface area contributed by atoms with E-state index in [1.807, 2.05) is 67.3 Å². The first kappa shape index (κ1) is 13.8. The quantitative estimate of drug-likeness (QED) is 0.615. The molecule has 0 amide bonds. The number of allylic oxidation sites excluding steroid dienone is 4. The molecule has 2 heteroatoms. The number of rotatable bonds is 5. The second-order valence-electron chi connectivity index (χ2n) is 3.91. The first-order valence-electron chi connectivity index (χ1n) is 5.89. The molecule has 0 saturated carbocycles.